The van der Waals surface area contributed by atoms with Gasteiger partial charge >= 0.3 is 0 Å². The van der Waals surface area contributed by atoms with Gasteiger partial charge in [-0.3, -0.25) is 4.79 Å². The van der Waals surface area contributed by atoms with Crippen molar-refractivity contribution in [3.63, 3.8) is 0 Å². The highest BCUT2D eigenvalue weighted by molar-refractivity contribution is 6.32. The van der Waals surface area contributed by atoms with Crippen molar-refractivity contribution in [2.45, 2.75) is 20.3 Å². The number of carbonyl (C=O) groups excluding carboxylic acids is 1. The summed E-state index contributed by atoms with van der Waals surface area (Å²) in [4.78, 5) is 11.5. The largest absolute Gasteiger partial charge is 0.353 e. The third-order valence-corrected chi connectivity index (χ3v) is 2.75. The first-order chi connectivity index (χ1) is 8.50. The van der Waals surface area contributed by atoms with Gasteiger partial charge in [0.2, 0.25) is 5.91 Å². The number of benzene rings is 1. The van der Waals surface area contributed by atoms with Crippen LogP contribution in [-0.4, -0.2) is 12.5 Å². The normalized spacial score (nSPS) is 11.2. The first-order valence-electron chi connectivity index (χ1n) is 5.90. The minimum atomic E-state index is -0.436. The van der Waals surface area contributed by atoms with Crippen LogP contribution in [0.2, 0.25) is 5.02 Å². The molecular formula is C14H17ClFNO. The Bertz CT molecular complexity index is 423. The van der Waals surface area contributed by atoms with Gasteiger partial charge in [-0.2, -0.15) is 0 Å². The molecule has 1 amide bonds. The highest BCUT2D eigenvalue weighted by Gasteiger charge is 2.03. The minimum absolute atomic E-state index is 0.234. The molecule has 1 rings (SSSR count). The molecule has 0 atom stereocenters. The van der Waals surface area contributed by atoms with Crippen LogP contribution in [0.3, 0.4) is 0 Å². The molecule has 0 aromatic heterocycles. The third kappa shape index (κ3) is 4.88. The fourth-order valence-electron chi connectivity index (χ4n) is 1.37. The summed E-state index contributed by atoms with van der Waals surface area (Å²) in [5.41, 5.74) is 0.234. The smallest absolute Gasteiger partial charge is 0.244 e. The van der Waals surface area contributed by atoms with Crippen LogP contribution in [0.5, 0.6) is 0 Å². The number of rotatable bonds is 5. The van der Waals surface area contributed by atoms with E-state index in [2.05, 4.69) is 19.2 Å². The standard InChI is InChI=1S/C14H17ClFNO/c1-10(2)8-9-17-14(18)7-6-11-12(15)4-3-5-13(11)16/h3-7,10H,8-9H2,1-2H3,(H,17,18). The summed E-state index contributed by atoms with van der Waals surface area (Å²) in [6, 6.07) is 4.42. The molecular weight excluding hydrogens is 253 g/mol. The second-order valence-corrected chi connectivity index (χ2v) is 4.85. The maximum atomic E-state index is 13.4. The molecule has 18 heavy (non-hydrogen) atoms. The molecule has 1 N–H and O–H groups in total. The molecule has 0 unspecified atom stereocenters. The number of amides is 1. The minimum Gasteiger partial charge on any atom is -0.353 e. The van der Waals surface area contributed by atoms with Crippen LogP contribution in [0, 0.1) is 11.7 Å². The van der Waals surface area contributed by atoms with Gasteiger partial charge < -0.3 is 5.32 Å². The Morgan fingerprint density at radius 2 is 2.22 bits per heavy atom. The fourth-order valence-corrected chi connectivity index (χ4v) is 1.60. The van der Waals surface area contributed by atoms with E-state index in [0.29, 0.717) is 17.5 Å². The molecule has 0 aliphatic heterocycles. The Morgan fingerprint density at radius 1 is 1.50 bits per heavy atom. The van der Waals surface area contributed by atoms with Gasteiger partial charge in [0.15, 0.2) is 0 Å². The predicted octanol–water partition coefficient (Wildman–Crippen LogP) is 3.65. The fraction of sp³-hybridized carbons (Fsp3) is 0.357. The predicted molar refractivity (Wildman–Crippen MR) is 72.9 cm³/mol. The molecule has 98 valence electrons. The van der Waals surface area contributed by atoms with Crippen molar-refractivity contribution in [2.75, 3.05) is 6.54 Å². The van der Waals surface area contributed by atoms with Crippen molar-refractivity contribution in [3.05, 3.63) is 40.7 Å². The molecule has 0 fully saturated rings. The molecule has 1 aromatic carbocycles. The van der Waals surface area contributed by atoms with E-state index in [1.165, 1.54) is 24.3 Å². The molecule has 0 bridgehead atoms. The number of hydrogen-bond donors (Lipinski definition) is 1. The zero-order valence-electron chi connectivity index (χ0n) is 10.5. The van der Waals surface area contributed by atoms with Crippen LogP contribution < -0.4 is 5.32 Å². The van der Waals surface area contributed by atoms with E-state index < -0.39 is 5.82 Å². The average molecular weight is 270 g/mol. The summed E-state index contributed by atoms with van der Waals surface area (Å²) in [6.07, 6.45) is 3.60. The van der Waals surface area contributed by atoms with Crippen molar-refractivity contribution >= 4 is 23.6 Å². The summed E-state index contributed by atoms with van der Waals surface area (Å²) in [5.74, 6) is -0.140. The molecule has 0 heterocycles. The van der Waals surface area contributed by atoms with Crippen LogP contribution in [-0.2, 0) is 4.79 Å². The lowest BCUT2D eigenvalue weighted by Gasteiger charge is -2.04. The molecule has 0 saturated heterocycles. The maximum Gasteiger partial charge on any atom is 0.244 e. The number of nitrogens with one attached hydrogen (secondary N) is 1. The lowest BCUT2D eigenvalue weighted by Crippen LogP contribution is -2.23. The van der Waals surface area contributed by atoms with Crippen molar-refractivity contribution in [2.24, 2.45) is 5.92 Å². The lowest BCUT2D eigenvalue weighted by atomic mass is 10.1. The van der Waals surface area contributed by atoms with Gasteiger partial charge in [0, 0.05) is 18.2 Å². The Morgan fingerprint density at radius 3 is 2.83 bits per heavy atom. The quantitative estimate of drug-likeness (QED) is 0.812. The van der Waals surface area contributed by atoms with E-state index in [1.807, 2.05) is 0 Å². The SMILES string of the molecule is CC(C)CCNC(=O)C=Cc1c(F)cccc1Cl. The van der Waals surface area contributed by atoms with E-state index >= 15 is 0 Å². The van der Waals surface area contributed by atoms with Gasteiger partial charge in [-0.15, -0.1) is 0 Å². The summed E-state index contributed by atoms with van der Waals surface area (Å²) in [6.45, 7) is 4.79. The van der Waals surface area contributed by atoms with Gasteiger partial charge in [-0.25, -0.2) is 4.39 Å². The van der Waals surface area contributed by atoms with Crippen LogP contribution >= 0.6 is 11.6 Å². The van der Waals surface area contributed by atoms with E-state index in [1.54, 1.807) is 6.07 Å². The van der Waals surface area contributed by atoms with E-state index in [9.17, 15) is 9.18 Å². The highest BCUT2D eigenvalue weighted by atomic mass is 35.5. The lowest BCUT2D eigenvalue weighted by molar-refractivity contribution is -0.116. The number of hydrogen-bond acceptors (Lipinski definition) is 1. The summed E-state index contributed by atoms with van der Waals surface area (Å²) >= 11 is 5.84. The van der Waals surface area contributed by atoms with Crippen molar-refractivity contribution in [1.82, 2.24) is 5.32 Å². The van der Waals surface area contributed by atoms with Crippen LogP contribution in [0.25, 0.3) is 6.08 Å². The third-order valence-electron chi connectivity index (χ3n) is 2.42. The number of halogens is 2. The second-order valence-electron chi connectivity index (χ2n) is 4.44. The van der Waals surface area contributed by atoms with Crippen LogP contribution in [0.1, 0.15) is 25.8 Å². The topological polar surface area (TPSA) is 29.1 Å². The molecule has 0 spiro atoms. The van der Waals surface area contributed by atoms with Gasteiger partial charge in [0.05, 0.1) is 5.02 Å². The van der Waals surface area contributed by atoms with Gasteiger partial charge in [0.1, 0.15) is 5.82 Å². The summed E-state index contributed by atoms with van der Waals surface area (Å²) in [5, 5.41) is 3.02. The molecule has 0 aliphatic carbocycles. The van der Waals surface area contributed by atoms with Crippen molar-refractivity contribution < 1.29 is 9.18 Å². The first kappa shape index (κ1) is 14.7. The Balaban J connectivity index is 2.56. The molecule has 0 saturated carbocycles. The van der Waals surface area contributed by atoms with E-state index in [4.69, 9.17) is 11.6 Å². The second kappa shape index (κ2) is 7.17. The van der Waals surface area contributed by atoms with Gasteiger partial charge in [0.25, 0.3) is 0 Å². The zero-order chi connectivity index (χ0) is 13.5. The van der Waals surface area contributed by atoms with Gasteiger partial charge in [-0.05, 0) is 30.5 Å². The number of carbonyl (C=O) groups is 1. The van der Waals surface area contributed by atoms with Crippen molar-refractivity contribution in [1.29, 1.82) is 0 Å². The first-order valence-corrected chi connectivity index (χ1v) is 6.28. The van der Waals surface area contributed by atoms with E-state index in [-0.39, 0.29) is 11.5 Å². The van der Waals surface area contributed by atoms with E-state index in [0.717, 1.165) is 6.42 Å². The summed E-state index contributed by atoms with van der Waals surface area (Å²) in [7, 11) is 0. The van der Waals surface area contributed by atoms with Crippen molar-refractivity contribution in [3.8, 4) is 0 Å². The molecule has 1 aromatic rings. The summed E-state index contributed by atoms with van der Waals surface area (Å²) < 4.78 is 13.4. The molecule has 0 radical (unpaired) electrons. The Hall–Kier alpha value is -1.35. The Labute approximate surface area is 112 Å². The van der Waals surface area contributed by atoms with Crippen LogP contribution in [0.4, 0.5) is 4.39 Å². The molecule has 2 nitrogen and oxygen atoms in total. The van der Waals surface area contributed by atoms with Crippen LogP contribution in [0.15, 0.2) is 24.3 Å². The van der Waals surface area contributed by atoms with Gasteiger partial charge in [-0.1, -0.05) is 31.5 Å². The monoisotopic (exact) mass is 269 g/mol. The zero-order valence-corrected chi connectivity index (χ0v) is 11.3. The maximum absolute atomic E-state index is 13.4. The molecule has 4 heteroatoms. The highest BCUT2D eigenvalue weighted by Crippen LogP contribution is 2.20. The molecule has 0 aliphatic rings. The Kier molecular flexibility index (Phi) is 5.86. The average Bonchev–Trinajstić information content (AvgIpc) is 2.27.